The van der Waals surface area contributed by atoms with Gasteiger partial charge in [0.25, 0.3) is 0 Å². The van der Waals surface area contributed by atoms with Crippen LogP contribution in [0.25, 0.3) is 0 Å². The summed E-state index contributed by atoms with van der Waals surface area (Å²) in [5, 5.41) is 3.54. The van der Waals surface area contributed by atoms with Crippen LogP contribution < -0.4 is 14.4 Å². The average molecular weight is 612 g/mol. The van der Waals surface area contributed by atoms with E-state index in [1.165, 1.54) is 11.0 Å². The van der Waals surface area contributed by atoms with Crippen molar-refractivity contribution in [3.8, 4) is 5.75 Å². The summed E-state index contributed by atoms with van der Waals surface area (Å²) in [6, 6.07) is 22.3. The van der Waals surface area contributed by atoms with Gasteiger partial charge in [0.05, 0.1) is 19.1 Å². The molecule has 0 aliphatic heterocycles. The highest BCUT2D eigenvalue weighted by atomic mass is 35.5. The Labute approximate surface area is 253 Å². The molecular weight excluding hydrogens is 574 g/mol. The second-order valence-corrected chi connectivity index (χ2v) is 13.0. The van der Waals surface area contributed by atoms with Gasteiger partial charge in [0.15, 0.2) is 0 Å². The molecule has 224 valence electrons. The zero-order valence-corrected chi connectivity index (χ0v) is 25.6. The van der Waals surface area contributed by atoms with E-state index in [1.807, 2.05) is 48.5 Å². The van der Waals surface area contributed by atoms with Crippen LogP contribution in [0.1, 0.15) is 43.2 Å². The van der Waals surface area contributed by atoms with Gasteiger partial charge in [-0.25, -0.2) is 8.42 Å². The summed E-state index contributed by atoms with van der Waals surface area (Å²) < 4.78 is 32.3. The van der Waals surface area contributed by atoms with Crippen LogP contribution >= 0.6 is 11.6 Å². The molecule has 0 radical (unpaired) electrons. The van der Waals surface area contributed by atoms with Crippen LogP contribution in [0.4, 0.5) is 5.69 Å². The van der Waals surface area contributed by atoms with Crippen LogP contribution in [0, 0.1) is 0 Å². The van der Waals surface area contributed by atoms with Gasteiger partial charge in [0.1, 0.15) is 18.3 Å². The molecule has 2 amide bonds. The Morgan fingerprint density at radius 3 is 2.31 bits per heavy atom. The molecule has 8 nitrogen and oxygen atoms in total. The number of anilines is 1. The Balaban J connectivity index is 1.73. The third-order valence-electron chi connectivity index (χ3n) is 7.49. The summed E-state index contributed by atoms with van der Waals surface area (Å²) in [4.78, 5) is 29.7. The van der Waals surface area contributed by atoms with Crippen LogP contribution in [0.3, 0.4) is 0 Å². The van der Waals surface area contributed by atoms with E-state index >= 15 is 0 Å². The van der Waals surface area contributed by atoms with Crippen LogP contribution in [0.15, 0.2) is 78.9 Å². The van der Waals surface area contributed by atoms with Gasteiger partial charge in [-0.15, -0.1) is 0 Å². The lowest BCUT2D eigenvalue weighted by Gasteiger charge is -2.35. The van der Waals surface area contributed by atoms with Gasteiger partial charge >= 0.3 is 0 Å². The molecule has 1 fully saturated rings. The topological polar surface area (TPSA) is 96.0 Å². The first-order valence-corrected chi connectivity index (χ1v) is 16.4. The Bertz CT molecular complexity index is 1460. The van der Waals surface area contributed by atoms with E-state index in [0.717, 1.165) is 53.8 Å². The summed E-state index contributed by atoms with van der Waals surface area (Å²) in [6.45, 7) is -0.413. The summed E-state index contributed by atoms with van der Waals surface area (Å²) in [7, 11) is -2.31. The molecule has 0 saturated heterocycles. The van der Waals surface area contributed by atoms with E-state index in [2.05, 4.69) is 5.32 Å². The van der Waals surface area contributed by atoms with Crippen molar-refractivity contribution >= 4 is 39.1 Å². The fourth-order valence-corrected chi connectivity index (χ4v) is 6.34. The molecule has 0 bridgehead atoms. The molecule has 0 unspecified atom stereocenters. The standard InChI is InChI=1S/C32H38ClN3O5S/c1-41-29-18-9-13-25(19-29)22-35(31(37)23-36(42(2,39)40)28-17-10-14-26(33)21-28)30(20-24-11-5-3-6-12-24)32(38)34-27-15-7-4-8-16-27/h3,5-6,9-14,17-19,21,27,30H,4,7-8,15-16,20,22-23H2,1-2H3,(H,34,38)/t30-/m1/s1. The van der Waals surface area contributed by atoms with Crippen molar-refractivity contribution in [3.05, 3.63) is 95.0 Å². The molecule has 0 aromatic heterocycles. The highest BCUT2D eigenvalue weighted by molar-refractivity contribution is 7.92. The summed E-state index contributed by atoms with van der Waals surface area (Å²) in [6.07, 6.45) is 6.34. The number of nitrogens with one attached hydrogen (secondary N) is 1. The van der Waals surface area contributed by atoms with E-state index < -0.39 is 28.5 Å². The molecule has 0 spiro atoms. The third-order valence-corrected chi connectivity index (χ3v) is 8.86. The van der Waals surface area contributed by atoms with Gasteiger partial charge in [-0.2, -0.15) is 0 Å². The zero-order valence-electron chi connectivity index (χ0n) is 24.0. The SMILES string of the molecule is COc1cccc(CN(C(=O)CN(c2cccc(Cl)c2)S(C)(=O)=O)[C@H](Cc2ccccc2)C(=O)NC2CCCCC2)c1. The van der Waals surface area contributed by atoms with E-state index in [0.29, 0.717) is 10.8 Å². The molecular formula is C32H38ClN3O5S. The molecule has 42 heavy (non-hydrogen) atoms. The number of carbonyl (C=O) groups is 2. The van der Waals surface area contributed by atoms with Gasteiger partial charge < -0.3 is 15.0 Å². The minimum atomic E-state index is -3.87. The maximum absolute atomic E-state index is 14.2. The van der Waals surface area contributed by atoms with Gasteiger partial charge in [-0.1, -0.05) is 79.4 Å². The van der Waals surface area contributed by atoms with E-state index in [1.54, 1.807) is 31.4 Å². The van der Waals surface area contributed by atoms with Gasteiger partial charge in [0, 0.05) is 24.0 Å². The van der Waals surface area contributed by atoms with E-state index in [4.69, 9.17) is 16.3 Å². The molecule has 1 saturated carbocycles. The zero-order chi connectivity index (χ0) is 30.1. The fraction of sp³-hybridized carbons (Fsp3) is 0.375. The lowest BCUT2D eigenvalue weighted by atomic mass is 9.94. The number of nitrogens with zero attached hydrogens (tertiary/aromatic N) is 2. The number of sulfonamides is 1. The molecule has 4 rings (SSSR count). The molecule has 0 heterocycles. The first-order valence-electron chi connectivity index (χ1n) is 14.1. The maximum atomic E-state index is 14.2. The Kier molecular flexibility index (Phi) is 10.9. The van der Waals surface area contributed by atoms with Crippen LogP contribution in [-0.4, -0.2) is 57.1 Å². The Hall–Kier alpha value is -3.56. The fourth-order valence-electron chi connectivity index (χ4n) is 5.31. The minimum absolute atomic E-state index is 0.0391. The van der Waals surface area contributed by atoms with Gasteiger partial charge in [0.2, 0.25) is 21.8 Å². The average Bonchev–Trinajstić information content (AvgIpc) is 2.98. The monoisotopic (exact) mass is 611 g/mol. The van der Waals surface area contributed by atoms with Crippen LogP contribution in [0.2, 0.25) is 5.02 Å². The lowest BCUT2D eigenvalue weighted by molar-refractivity contribution is -0.140. The number of ether oxygens (including phenoxy) is 1. The molecule has 3 aromatic rings. The minimum Gasteiger partial charge on any atom is -0.497 e. The second-order valence-electron chi connectivity index (χ2n) is 10.7. The number of benzene rings is 3. The van der Waals surface area contributed by atoms with Crippen molar-refractivity contribution in [2.24, 2.45) is 0 Å². The van der Waals surface area contributed by atoms with Crippen molar-refractivity contribution in [1.82, 2.24) is 10.2 Å². The highest BCUT2D eigenvalue weighted by Crippen LogP contribution is 2.24. The molecule has 1 aliphatic carbocycles. The number of amides is 2. The smallest absolute Gasteiger partial charge is 0.244 e. The first kappa shape index (κ1) is 31.4. The number of rotatable bonds is 12. The second kappa shape index (κ2) is 14.6. The van der Waals surface area contributed by atoms with Crippen molar-refractivity contribution in [3.63, 3.8) is 0 Å². The number of halogens is 1. The molecule has 1 aliphatic rings. The number of hydrogen-bond donors (Lipinski definition) is 1. The third kappa shape index (κ3) is 8.72. The predicted octanol–water partition coefficient (Wildman–Crippen LogP) is 5.20. The summed E-state index contributed by atoms with van der Waals surface area (Å²) in [5.41, 5.74) is 1.91. The van der Waals surface area contributed by atoms with Gasteiger partial charge in [-0.3, -0.25) is 13.9 Å². The number of hydrogen-bond acceptors (Lipinski definition) is 5. The molecule has 1 N–H and O–H groups in total. The van der Waals surface area contributed by atoms with Crippen LogP contribution in [0.5, 0.6) is 5.75 Å². The van der Waals surface area contributed by atoms with Crippen molar-refractivity contribution in [1.29, 1.82) is 0 Å². The van der Waals surface area contributed by atoms with E-state index in [-0.39, 0.29) is 30.6 Å². The highest BCUT2D eigenvalue weighted by Gasteiger charge is 2.34. The van der Waals surface area contributed by atoms with Crippen LogP contribution in [-0.2, 0) is 32.6 Å². The maximum Gasteiger partial charge on any atom is 0.244 e. The summed E-state index contributed by atoms with van der Waals surface area (Å²) >= 11 is 6.17. The summed E-state index contributed by atoms with van der Waals surface area (Å²) in [5.74, 6) is -0.151. The number of carbonyl (C=O) groups excluding carboxylic acids is 2. The lowest BCUT2D eigenvalue weighted by Crippen LogP contribution is -2.55. The molecule has 1 atom stereocenters. The molecule has 10 heteroatoms. The first-order chi connectivity index (χ1) is 20.1. The number of methoxy groups -OCH3 is 1. The molecule has 3 aromatic carbocycles. The predicted molar refractivity (Wildman–Crippen MR) is 166 cm³/mol. The van der Waals surface area contributed by atoms with Crippen molar-refractivity contribution < 1.29 is 22.7 Å². The van der Waals surface area contributed by atoms with Crippen molar-refractivity contribution in [2.75, 3.05) is 24.2 Å². The normalized spacial score (nSPS) is 14.5. The largest absolute Gasteiger partial charge is 0.497 e. The Morgan fingerprint density at radius 1 is 0.952 bits per heavy atom. The van der Waals surface area contributed by atoms with Gasteiger partial charge in [-0.05, 0) is 54.3 Å². The van der Waals surface area contributed by atoms with Crippen molar-refractivity contribution in [2.45, 2.75) is 57.2 Å². The quantitative estimate of drug-likeness (QED) is 0.304. The Morgan fingerprint density at radius 2 is 1.64 bits per heavy atom. The van der Waals surface area contributed by atoms with E-state index in [9.17, 15) is 18.0 Å².